The molecule has 0 N–H and O–H groups in total. The molecule has 23 heavy (non-hydrogen) atoms. The molecule has 0 aliphatic rings. The molecule has 0 aliphatic heterocycles. The van der Waals surface area contributed by atoms with Crippen LogP contribution in [0, 0.1) is 0 Å². The van der Waals surface area contributed by atoms with Crippen LogP contribution in [0.15, 0.2) is 16.7 Å². The minimum Gasteiger partial charge on any atom is -0.495 e. The van der Waals surface area contributed by atoms with Crippen molar-refractivity contribution < 1.29 is 14.0 Å². The van der Waals surface area contributed by atoms with Gasteiger partial charge in [-0.3, -0.25) is 4.79 Å². The van der Waals surface area contributed by atoms with Crippen molar-refractivity contribution in [3.8, 4) is 5.75 Å². The zero-order valence-electron chi connectivity index (χ0n) is 15.1. The number of nitrogens with zero attached hydrogens (tertiary/aromatic N) is 2. The van der Waals surface area contributed by atoms with E-state index in [0.29, 0.717) is 24.6 Å². The van der Waals surface area contributed by atoms with Crippen LogP contribution in [-0.2, 0) is 4.43 Å². The predicted octanol–water partition coefficient (Wildman–Crippen LogP) is 3.95. The van der Waals surface area contributed by atoms with Crippen molar-refractivity contribution in [3.63, 3.8) is 0 Å². The minimum absolute atomic E-state index is 0.144. The smallest absolute Gasteiger partial charge is 0.272 e. The molecule has 0 fully saturated rings. The summed E-state index contributed by atoms with van der Waals surface area (Å²) in [6, 6.07) is 1.64. The highest BCUT2D eigenvalue weighted by molar-refractivity contribution is 9.10. The SMILES string of the molecule is COc1cc(C(=O)N(C)CCO[Si](C)(C)C(C)(C)C)ncc1Br. The van der Waals surface area contributed by atoms with Crippen molar-refractivity contribution >= 4 is 30.2 Å². The molecule has 5 nitrogen and oxygen atoms in total. The average molecular weight is 403 g/mol. The van der Waals surface area contributed by atoms with Gasteiger partial charge in [0.25, 0.3) is 5.91 Å². The maximum atomic E-state index is 12.4. The van der Waals surface area contributed by atoms with Crippen molar-refractivity contribution in [3.05, 3.63) is 22.4 Å². The lowest BCUT2D eigenvalue weighted by molar-refractivity contribution is 0.0763. The van der Waals surface area contributed by atoms with Crippen molar-refractivity contribution in [2.24, 2.45) is 0 Å². The van der Waals surface area contributed by atoms with Crippen molar-refractivity contribution in [2.75, 3.05) is 27.3 Å². The van der Waals surface area contributed by atoms with Gasteiger partial charge in [-0.25, -0.2) is 4.98 Å². The van der Waals surface area contributed by atoms with E-state index >= 15 is 0 Å². The van der Waals surface area contributed by atoms with Crippen LogP contribution >= 0.6 is 15.9 Å². The van der Waals surface area contributed by atoms with E-state index in [0.717, 1.165) is 4.47 Å². The van der Waals surface area contributed by atoms with Crippen LogP contribution < -0.4 is 4.74 Å². The van der Waals surface area contributed by atoms with Gasteiger partial charge in [0.2, 0.25) is 0 Å². The second-order valence-corrected chi connectivity index (χ2v) is 12.7. The quantitative estimate of drug-likeness (QED) is 0.675. The molecule has 1 heterocycles. The van der Waals surface area contributed by atoms with Gasteiger partial charge in [0.05, 0.1) is 18.2 Å². The summed E-state index contributed by atoms with van der Waals surface area (Å²) in [7, 11) is 1.53. The summed E-state index contributed by atoms with van der Waals surface area (Å²) < 4.78 is 12.0. The number of halogens is 1. The molecule has 1 aromatic rings. The van der Waals surface area contributed by atoms with E-state index in [4.69, 9.17) is 9.16 Å². The lowest BCUT2D eigenvalue weighted by Gasteiger charge is -2.36. The summed E-state index contributed by atoms with van der Waals surface area (Å²) in [6.45, 7) is 12.1. The number of pyridine rings is 1. The van der Waals surface area contributed by atoms with Crippen LogP contribution in [0.2, 0.25) is 18.1 Å². The molecule has 1 rings (SSSR count). The van der Waals surface area contributed by atoms with E-state index in [1.165, 1.54) is 0 Å². The van der Waals surface area contributed by atoms with Gasteiger partial charge in [0, 0.05) is 25.9 Å². The van der Waals surface area contributed by atoms with Gasteiger partial charge >= 0.3 is 0 Å². The lowest BCUT2D eigenvalue weighted by atomic mass is 10.2. The Morgan fingerprint density at radius 1 is 1.39 bits per heavy atom. The van der Waals surface area contributed by atoms with E-state index in [-0.39, 0.29) is 10.9 Å². The second kappa shape index (κ2) is 7.77. The van der Waals surface area contributed by atoms with Gasteiger partial charge in [0.15, 0.2) is 8.32 Å². The van der Waals surface area contributed by atoms with Crippen LogP contribution in [0.1, 0.15) is 31.3 Å². The normalized spacial score (nSPS) is 12.2. The summed E-state index contributed by atoms with van der Waals surface area (Å²) in [5.74, 6) is 0.448. The molecule has 0 radical (unpaired) electrons. The highest BCUT2D eigenvalue weighted by Crippen LogP contribution is 2.36. The van der Waals surface area contributed by atoms with Gasteiger partial charge < -0.3 is 14.1 Å². The maximum Gasteiger partial charge on any atom is 0.272 e. The number of likely N-dealkylation sites (N-methyl/N-ethyl adjacent to an activating group) is 1. The second-order valence-electron chi connectivity index (χ2n) is 7.04. The van der Waals surface area contributed by atoms with Crippen molar-refractivity contribution in [1.82, 2.24) is 9.88 Å². The largest absolute Gasteiger partial charge is 0.495 e. The zero-order valence-corrected chi connectivity index (χ0v) is 17.7. The molecule has 130 valence electrons. The fourth-order valence-corrected chi connectivity index (χ4v) is 3.06. The Morgan fingerprint density at radius 2 is 2.00 bits per heavy atom. The van der Waals surface area contributed by atoms with E-state index in [9.17, 15) is 4.79 Å². The average Bonchev–Trinajstić information content (AvgIpc) is 2.45. The number of hydrogen-bond acceptors (Lipinski definition) is 4. The Hall–Kier alpha value is -0.923. The number of ether oxygens (including phenoxy) is 1. The molecule has 0 unspecified atom stereocenters. The number of carbonyl (C=O) groups excluding carboxylic acids is 1. The van der Waals surface area contributed by atoms with Crippen LogP contribution in [-0.4, -0.2) is 51.4 Å². The topological polar surface area (TPSA) is 51.7 Å². The molecule has 0 aliphatic carbocycles. The molecule has 1 amide bonds. The van der Waals surface area contributed by atoms with Crippen LogP contribution in [0.4, 0.5) is 0 Å². The first-order valence-corrected chi connectivity index (χ1v) is 11.3. The van der Waals surface area contributed by atoms with E-state index < -0.39 is 8.32 Å². The first-order chi connectivity index (χ1) is 10.5. The van der Waals surface area contributed by atoms with Crippen molar-refractivity contribution in [1.29, 1.82) is 0 Å². The fourth-order valence-electron chi connectivity index (χ4n) is 1.64. The molecule has 0 saturated heterocycles. The van der Waals surface area contributed by atoms with Crippen LogP contribution in [0.5, 0.6) is 5.75 Å². The summed E-state index contributed by atoms with van der Waals surface area (Å²) >= 11 is 3.33. The van der Waals surface area contributed by atoms with Crippen LogP contribution in [0.25, 0.3) is 0 Å². The number of aromatic nitrogens is 1. The number of methoxy groups -OCH3 is 1. The van der Waals surface area contributed by atoms with E-state index in [2.05, 4.69) is 54.8 Å². The standard InChI is InChI=1S/C16H27BrN2O3Si/c1-16(2,3)23(6,7)22-9-8-19(4)15(20)13-10-14(21-5)12(17)11-18-13/h10-11H,8-9H2,1-7H3. The van der Waals surface area contributed by atoms with Gasteiger partial charge in [-0.1, -0.05) is 20.8 Å². The monoisotopic (exact) mass is 402 g/mol. The van der Waals surface area contributed by atoms with Gasteiger partial charge in [-0.05, 0) is 34.1 Å². The molecular weight excluding hydrogens is 376 g/mol. The molecule has 0 atom stereocenters. The van der Waals surface area contributed by atoms with Gasteiger partial charge in [-0.15, -0.1) is 0 Å². The minimum atomic E-state index is -1.79. The van der Waals surface area contributed by atoms with Gasteiger partial charge in [0.1, 0.15) is 11.4 Å². The fraction of sp³-hybridized carbons (Fsp3) is 0.625. The summed E-state index contributed by atoms with van der Waals surface area (Å²) in [5, 5.41) is 0.163. The highest BCUT2D eigenvalue weighted by atomic mass is 79.9. The van der Waals surface area contributed by atoms with Crippen LogP contribution in [0.3, 0.4) is 0 Å². The molecular formula is C16H27BrN2O3Si. The first-order valence-electron chi connectivity index (χ1n) is 7.58. The molecule has 0 spiro atoms. The zero-order chi connectivity index (χ0) is 17.8. The Labute approximate surface area is 148 Å². The molecule has 0 bridgehead atoms. The molecule has 7 heteroatoms. The third-order valence-electron chi connectivity index (χ3n) is 4.30. The van der Waals surface area contributed by atoms with Crippen molar-refractivity contribution in [2.45, 2.75) is 38.9 Å². The third kappa shape index (κ3) is 5.29. The Kier molecular flexibility index (Phi) is 6.79. The Balaban J connectivity index is 2.65. The molecule has 1 aromatic heterocycles. The molecule has 0 aromatic carbocycles. The molecule has 0 saturated carbocycles. The number of carbonyl (C=O) groups is 1. The number of amides is 1. The number of hydrogen-bond donors (Lipinski definition) is 0. The lowest BCUT2D eigenvalue weighted by Crippen LogP contribution is -2.43. The Bertz CT molecular complexity index is 559. The summed E-state index contributed by atoms with van der Waals surface area (Å²) in [5.41, 5.74) is 0.361. The summed E-state index contributed by atoms with van der Waals surface area (Å²) in [6.07, 6.45) is 1.58. The van der Waals surface area contributed by atoms with E-state index in [1.54, 1.807) is 31.3 Å². The van der Waals surface area contributed by atoms with E-state index in [1.807, 2.05) is 0 Å². The predicted molar refractivity (Wildman–Crippen MR) is 98.6 cm³/mol. The summed E-state index contributed by atoms with van der Waals surface area (Å²) in [4.78, 5) is 18.2. The Morgan fingerprint density at radius 3 is 2.52 bits per heavy atom. The van der Waals surface area contributed by atoms with Gasteiger partial charge in [-0.2, -0.15) is 0 Å². The number of rotatable bonds is 6. The third-order valence-corrected chi connectivity index (χ3v) is 9.44. The first kappa shape index (κ1) is 20.1. The maximum absolute atomic E-state index is 12.4. The highest BCUT2D eigenvalue weighted by Gasteiger charge is 2.37.